The van der Waals surface area contributed by atoms with Crippen LogP contribution >= 0.6 is 0 Å². The molecule has 0 aliphatic heterocycles. The molecule has 0 bridgehead atoms. The van der Waals surface area contributed by atoms with Gasteiger partial charge in [-0.25, -0.2) is 9.36 Å². The molecule has 6 heteroatoms. The number of benzene rings is 1. The molecule has 2 aromatic heterocycles. The minimum absolute atomic E-state index is 0.189. The lowest BCUT2D eigenvalue weighted by Crippen LogP contribution is -2.45. The van der Waals surface area contributed by atoms with E-state index in [1.807, 2.05) is 6.92 Å². The number of fused-ring (bicyclic) bond motifs is 1. The fourth-order valence-corrected chi connectivity index (χ4v) is 3.07. The third-order valence-corrected chi connectivity index (χ3v) is 4.37. The molecule has 1 aromatic carbocycles. The Hall–Kier alpha value is -3.28. The summed E-state index contributed by atoms with van der Waals surface area (Å²) in [4.78, 5) is 25.6. The molecule has 0 saturated heterocycles. The van der Waals surface area contributed by atoms with E-state index in [9.17, 15) is 9.59 Å². The van der Waals surface area contributed by atoms with Crippen molar-refractivity contribution in [2.75, 3.05) is 0 Å². The van der Waals surface area contributed by atoms with E-state index in [-0.39, 0.29) is 11.6 Å². The molecule has 0 atom stereocenters. The first-order valence-electron chi connectivity index (χ1n) is 7.53. The van der Waals surface area contributed by atoms with Crippen LogP contribution in [0.2, 0.25) is 0 Å². The van der Waals surface area contributed by atoms with E-state index in [4.69, 9.17) is 0 Å². The number of aromatic nitrogens is 4. The van der Waals surface area contributed by atoms with Gasteiger partial charge >= 0.3 is 0 Å². The second kappa shape index (κ2) is 5.13. The summed E-state index contributed by atoms with van der Waals surface area (Å²) in [6.45, 7) is 1.82. The van der Waals surface area contributed by atoms with Gasteiger partial charge in [-0.05, 0) is 25.1 Å². The lowest BCUT2D eigenvalue weighted by atomic mass is 9.84. The van der Waals surface area contributed by atoms with Crippen LogP contribution in [0.15, 0.2) is 72.8 Å². The van der Waals surface area contributed by atoms with Crippen molar-refractivity contribution in [3.63, 3.8) is 0 Å². The molecule has 0 radical (unpaired) electrons. The average molecular weight is 318 g/mol. The summed E-state index contributed by atoms with van der Waals surface area (Å²) in [5, 5.41) is 8.57. The van der Waals surface area contributed by atoms with E-state index in [2.05, 4.69) is 10.2 Å². The van der Waals surface area contributed by atoms with E-state index in [0.29, 0.717) is 16.7 Å². The smallest absolute Gasteiger partial charge is 0.194 e. The van der Waals surface area contributed by atoms with E-state index >= 15 is 0 Å². The van der Waals surface area contributed by atoms with Crippen LogP contribution in [0, 0.1) is 0 Å². The topological polar surface area (TPSA) is 69.8 Å². The number of rotatable bonds is 3. The number of hydrogen-bond acceptors (Lipinski definition) is 4. The molecule has 1 aliphatic carbocycles. The lowest BCUT2D eigenvalue weighted by Gasteiger charge is -2.34. The van der Waals surface area contributed by atoms with Crippen molar-refractivity contribution in [3.05, 3.63) is 84.0 Å². The van der Waals surface area contributed by atoms with Gasteiger partial charge in [-0.1, -0.05) is 24.3 Å². The maximum absolute atomic E-state index is 13.1. The molecule has 0 unspecified atom stereocenters. The van der Waals surface area contributed by atoms with E-state index < -0.39 is 5.66 Å². The number of carbonyl (C=O) groups excluding carboxylic acids is 2. The first kappa shape index (κ1) is 14.3. The summed E-state index contributed by atoms with van der Waals surface area (Å²) in [6, 6.07) is 10.4. The minimum Gasteiger partial charge on any atom is -0.289 e. The highest BCUT2D eigenvalue weighted by Gasteiger charge is 2.41. The molecule has 0 fully saturated rings. The van der Waals surface area contributed by atoms with Gasteiger partial charge in [0.15, 0.2) is 17.2 Å². The predicted molar refractivity (Wildman–Crippen MR) is 86.7 cm³/mol. The molecule has 2 heterocycles. The van der Waals surface area contributed by atoms with Crippen LogP contribution in [0.5, 0.6) is 0 Å². The van der Waals surface area contributed by atoms with Gasteiger partial charge in [0.05, 0.1) is 5.57 Å². The van der Waals surface area contributed by atoms with Gasteiger partial charge in [0.1, 0.15) is 0 Å². The standard InChI is InChI=1S/C18H14N4O2/c1-18(21-10-4-8-19-21,22-11-5-9-20-22)15-12-16(23)13-6-2-3-7-14(13)17(15)24/h2-12H,1H3. The van der Waals surface area contributed by atoms with Crippen LogP contribution < -0.4 is 0 Å². The van der Waals surface area contributed by atoms with Crippen LogP contribution in [0.1, 0.15) is 27.6 Å². The van der Waals surface area contributed by atoms with Crippen LogP contribution in [0.3, 0.4) is 0 Å². The molecule has 3 aromatic rings. The molecule has 0 amide bonds. The summed E-state index contributed by atoms with van der Waals surface area (Å²) in [6.07, 6.45) is 8.16. The Kier molecular flexibility index (Phi) is 3.06. The zero-order valence-electron chi connectivity index (χ0n) is 13.0. The Labute approximate surface area is 138 Å². The van der Waals surface area contributed by atoms with Gasteiger partial charge in [0, 0.05) is 35.9 Å². The van der Waals surface area contributed by atoms with Gasteiger partial charge < -0.3 is 0 Å². The maximum Gasteiger partial charge on any atom is 0.194 e. The van der Waals surface area contributed by atoms with Gasteiger partial charge in [0.2, 0.25) is 0 Å². The van der Waals surface area contributed by atoms with Crippen LogP contribution in [-0.2, 0) is 5.66 Å². The van der Waals surface area contributed by atoms with Crippen LogP contribution in [0.4, 0.5) is 0 Å². The fourth-order valence-electron chi connectivity index (χ4n) is 3.07. The number of ketones is 2. The lowest BCUT2D eigenvalue weighted by molar-refractivity contribution is 0.0946. The highest BCUT2D eigenvalue weighted by molar-refractivity contribution is 6.25. The quantitative estimate of drug-likeness (QED) is 0.743. The first-order chi connectivity index (χ1) is 11.6. The van der Waals surface area contributed by atoms with Gasteiger partial charge in [-0.15, -0.1) is 0 Å². The molecule has 4 rings (SSSR count). The Bertz CT molecular complexity index is 919. The molecule has 0 N–H and O–H groups in total. The van der Waals surface area contributed by atoms with Crippen molar-refractivity contribution in [2.24, 2.45) is 0 Å². The highest BCUT2D eigenvalue weighted by atomic mass is 16.1. The summed E-state index contributed by atoms with van der Waals surface area (Å²) < 4.78 is 3.26. The Morgan fingerprint density at radius 1 is 0.875 bits per heavy atom. The molecule has 24 heavy (non-hydrogen) atoms. The second-order valence-corrected chi connectivity index (χ2v) is 5.72. The van der Waals surface area contributed by atoms with Gasteiger partial charge in [0.25, 0.3) is 0 Å². The predicted octanol–water partition coefficient (Wildman–Crippen LogP) is 2.31. The van der Waals surface area contributed by atoms with Crippen molar-refractivity contribution in [1.29, 1.82) is 0 Å². The van der Waals surface area contributed by atoms with Crippen molar-refractivity contribution >= 4 is 11.6 Å². The number of allylic oxidation sites excluding steroid dienone is 2. The summed E-state index contributed by atoms with van der Waals surface area (Å²) in [7, 11) is 0. The second-order valence-electron chi connectivity index (χ2n) is 5.72. The zero-order chi connectivity index (χ0) is 16.7. The van der Waals surface area contributed by atoms with Crippen molar-refractivity contribution in [3.8, 4) is 0 Å². The normalized spacial score (nSPS) is 14.5. The van der Waals surface area contributed by atoms with Crippen molar-refractivity contribution < 1.29 is 9.59 Å². The molecule has 0 saturated carbocycles. The van der Waals surface area contributed by atoms with Crippen LogP contribution in [-0.4, -0.2) is 31.1 Å². The molecule has 6 nitrogen and oxygen atoms in total. The number of hydrogen-bond donors (Lipinski definition) is 0. The average Bonchev–Trinajstić information content (AvgIpc) is 3.31. The minimum atomic E-state index is -1.03. The Morgan fingerprint density at radius 2 is 1.46 bits per heavy atom. The third kappa shape index (κ3) is 1.89. The third-order valence-electron chi connectivity index (χ3n) is 4.37. The first-order valence-corrected chi connectivity index (χ1v) is 7.53. The Balaban J connectivity index is 1.95. The summed E-state index contributed by atoms with van der Waals surface area (Å²) in [5.74, 6) is -0.385. The fraction of sp³-hybridized carbons (Fsp3) is 0.111. The number of nitrogens with zero attached hydrogens (tertiary/aromatic N) is 4. The van der Waals surface area contributed by atoms with E-state index in [0.717, 1.165) is 0 Å². The maximum atomic E-state index is 13.1. The largest absolute Gasteiger partial charge is 0.289 e. The summed E-state index contributed by atoms with van der Waals surface area (Å²) >= 11 is 0. The molecule has 0 spiro atoms. The van der Waals surface area contributed by atoms with Gasteiger partial charge in [-0.3, -0.25) is 9.59 Å². The zero-order valence-corrected chi connectivity index (χ0v) is 13.0. The highest BCUT2D eigenvalue weighted by Crippen LogP contribution is 2.33. The van der Waals surface area contributed by atoms with Crippen molar-refractivity contribution in [2.45, 2.75) is 12.6 Å². The molecule has 1 aliphatic rings. The molecule has 118 valence electrons. The molecular weight excluding hydrogens is 304 g/mol. The SMILES string of the molecule is CC(C1=CC(=O)c2ccccc2C1=O)(n1cccn1)n1cccn1. The number of Topliss-reactive ketones (excluding diaryl/α,β-unsaturated/α-hetero) is 1. The van der Waals surface area contributed by atoms with E-state index in [1.165, 1.54) is 6.08 Å². The monoisotopic (exact) mass is 318 g/mol. The Morgan fingerprint density at radius 3 is 2.00 bits per heavy atom. The van der Waals surface area contributed by atoms with Crippen molar-refractivity contribution in [1.82, 2.24) is 19.6 Å². The van der Waals surface area contributed by atoms with Crippen LogP contribution in [0.25, 0.3) is 0 Å². The van der Waals surface area contributed by atoms with Gasteiger partial charge in [-0.2, -0.15) is 10.2 Å². The summed E-state index contributed by atoms with van der Waals surface area (Å²) in [5.41, 5.74) is 0.131. The van der Waals surface area contributed by atoms with E-state index in [1.54, 1.807) is 70.5 Å². The number of carbonyl (C=O) groups is 2. The molecular formula is C18H14N4O2.